The molecule has 0 radical (unpaired) electrons. The van der Waals surface area contributed by atoms with Crippen LogP contribution in [0.25, 0.3) is 11.3 Å². The van der Waals surface area contributed by atoms with Crippen LogP contribution in [0.4, 0.5) is 0 Å². The molecule has 0 atom stereocenters. The van der Waals surface area contributed by atoms with Crippen molar-refractivity contribution >= 4 is 17.5 Å². The number of amides is 1. The second-order valence-electron chi connectivity index (χ2n) is 6.17. The average Bonchev–Trinajstić information content (AvgIpc) is 3.23. The topological polar surface area (TPSA) is 77.2 Å². The number of hydrogen-bond donors (Lipinski definition) is 1. The van der Waals surface area contributed by atoms with Crippen molar-refractivity contribution in [1.29, 1.82) is 0 Å². The second kappa shape index (κ2) is 8.58. The van der Waals surface area contributed by atoms with Crippen LogP contribution in [0.2, 0.25) is 5.02 Å². The standard InChI is InChI=1S/C22H16ClN3O3/c23-17-9-6-15(7-10-17)20-12-19(29-26-20)14-25-22(27)16-8-11-21(24-13-16)28-18-4-2-1-3-5-18/h1-13H,14H2,(H,25,27). The Morgan fingerprint density at radius 3 is 2.55 bits per heavy atom. The van der Waals surface area contributed by atoms with Crippen LogP contribution < -0.4 is 10.1 Å². The van der Waals surface area contributed by atoms with Crippen LogP contribution in [0.1, 0.15) is 16.1 Å². The highest BCUT2D eigenvalue weighted by Gasteiger charge is 2.10. The number of para-hydroxylation sites is 1. The fourth-order valence-corrected chi connectivity index (χ4v) is 2.73. The minimum Gasteiger partial charge on any atom is -0.439 e. The van der Waals surface area contributed by atoms with Gasteiger partial charge in [-0.15, -0.1) is 0 Å². The lowest BCUT2D eigenvalue weighted by Gasteiger charge is -2.06. The molecule has 0 aliphatic carbocycles. The Morgan fingerprint density at radius 2 is 1.83 bits per heavy atom. The molecule has 1 N–H and O–H groups in total. The molecule has 6 nitrogen and oxygen atoms in total. The molecule has 0 aliphatic heterocycles. The lowest BCUT2D eigenvalue weighted by atomic mass is 10.1. The first-order chi connectivity index (χ1) is 14.2. The zero-order valence-corrected chi connectivity index (χ0v) is 16.0. The van der Waals surface area contributed by atoms with E-state index in [1.807, 2.05) is 42.5 Å². The zero-order valence-electron chi connectivity index (χ0n) is 15.2. The van der Waals surface area contributed by atoms with Crippen LogP contribution in [0, 0.1) is 0 Å². The van der Waals surface area contributed by atoms with Crippen molar-refractivity contribution in [2.75, 3.05) is 0 Å². The number of carbonyl (C=O) groups excluding carboxylic acids is 1. The molecule has 0 unspecified atom stereocenters. The van der Waals surface area contributed by atoms with Gasteiger partial charge in [-0.05, 0) is 30.3 Å². The van der Waals surface area contributed by atoms with Crippen molar-refractivity contribution in [2.24, 2.45) is 0 Å². The van der Waals surface area contributed by atoms with E-state index in [0.717, 1.165) is 5.56 Å². The molecule has 0 bridgehead atoms. The lowest BCUT2D eigenvalue weighted by Crippen LogP contribution is -2.22. The number of nitrogens with one attached hydrogen (secondary N) is 1. The first-order valence-corrected chi connectivity index (χ1v) is 9.24. The van der Waals surface area contributed by atoms with E-state index in [9.17, 15) is 4.79 Å². The third kappa shape index (κ3) is 4.80. The molecule has 4 rings (SSSR count). The third-order valence-electron chi connectivity index (χ3n) is 4.09. The smallest absolute Gasteiger partial charge is 0.253 e. The van der Waals surface area contributed by atoms with Crippen LogP contribution in [0.5, 0.6) is 11.6 Å². The fourth-order valence-electron chi connectivity index (χ4n) is 2.61. The summed E-state index contributed by atoms with van der Waals surface area (Å²) in [6, 6.07) is 21.7. The number of nitrogens with zero attached hydrogens (tertiary/aromatic N) is 2. The first kappa shape index (κ1) is 18.7. The normalized spacial score (nSPS) is 10.5. The Labute approximate surface area is 172 Å². The summed E-state index contributed by atoms with van der Waals surface area (Å²) in [5.74, 6) is 1.36. The Morgan fingerprint density at radius 1 is 1.03 bits per heavy atom. The van der Waals surface area contributed by atoms with Crippen molar-refractivity contribution in [1.82, 2.24) is 15.5 Å². The van der Waals surface area contributed by atoms with Crippen molar-refractivity contribution in [3.05, 3.63) is 95.3 Å². The molecular formula is C22H16ClN3O3. The maximum Gasteiger partial charge on any atom is 0.253 e. The van der Waals surface area contributed by atoms with Gasteiger partial charge in [-0.3, -0.25) is 4.79 Å². The van der Waals surface area contributed by atoms with E-state index < -0.39 is 0 Å². The zero-order chi connectivity index (χ0) is 20.1. The van der Waals surface area contributed by atoms with Crippen molar-refractivity contribution in [3.63, 3.8) is 0 Å². The Balaban J connectivity index is 1.34. The van der Waals surface area contributed by atoms with Gasteiger partial charge >= 0.3 is 0 Å². The summed E-state index contributed by atoms with van der Waals surface area (Å²) in [7, 11) is 0. The highest BCUT2D eigenvalue weighted by atomic mass is 35.5. The quantitative estimate of drug-likeness (QED) is 0.482. The van der Waals surface area contributed by atoms with E-state index in [0.29, 0.717) is 33.7 Å². The first-order valence-electron chi connectivity index (χ1n) is 8.86. The number of aromatic nitrogens is 2. The number of pyridine rings is 1. The van der Waals surface area contributed by atoms with Crippen LogP contribution in [-0.4, -0.2) is 16.0 Å². The predicted molar refractivity (Wildman–Crippen MR) is 109 cm³/mol. The molecule has 29 heavy (non-hydrogen) atoms. The molecule has 0 spiro atoms. The summed E-state index contributed by atoms with van der Waals surface area (Å²) in [4.78, 5) is 16.5. The van der Waals surface area contributed by atoms with E-state index in [-0.39, 0.29) is 12.5 Å². The SMILES string of the molecule is O=C(NCc1cc(-c2ccc(Cl)cc2)no1)c1ccc(Oc2ccccc2)nc1. The van der Waals surface area contributed by atoms with Gasteiger partial charge in [0.05, 0.1) is 12.1 Å². The minimum absolute atomic E-state index is 0.210. The van der Waals surface area contributed by atoms with Gasteiger partial charge in [0.1, 0.15) is 11.4 Å². The molecule has 144 valence electrons. The molecule has 2 aromatic carbocycles. The van der Waals surface area contributed by atoms with Gasteiger partial charge in [-0.1, -0.05) is 47.1 Å². The van der Waals surface area contributed by atoms with E-state index in [1.54, 1.807) is 30.3 Å². The summed E-state index contributed by atoms with van der Waals surface area (Å²) in [5, 5.41) is 7.46. The summed E-state index contributed by atoms with van der Waals surface area (Å²) in [6.45, 7) is 0.210. The molecule has 4 aromatic rings. The van der Waals surface area contributed by atoms with Crippen LogP contribution >= 0.6 is 11.6 Å². The molecule has 0 saturated carbocycles. The summed E-state index contributed by atoms with van der Waals surface area (Å²) in [5.41, 5.74) is 1.98. The van der Waals surface area contributed by atoms with Gasteiger partial charge in [0.15, 0.2) is 5.76 Å². The van der Waals surface area contributed by atoms with Gasteiger partial charge in [0, 0.05) is 28.9 Å². The van der Waals surface area contributed by atoms with E-state index in [2.05, 4.69) is 15.5 Å². The van der Waals surface area contributed by atoms with Gasteiger partial charge in [0.2, 0.25) is 5.88 Å². The Hall–Kier alpha value is -3.64. The number of carbonyl (C=O) groups is 1. The molecule has 0 saturated heterocycles. The molecule has 0 fully saturated rings. The summed E-state index contributed by atoms with van der Waals surface area (Å²) in [6.07, 6.45) is 1.47. The molecule has 1 amide bonds. The summed E-state index contributed by atoms with van der Waals surface area (Å²) >= 11 is 5.89. The van der Waals surface area contributed by atoms with Crippen LogP contribution in [-0.2, 0) is 6.54 Å². The highest BCUT2D eigenvalue weighted by Crippen LogP contribution is 2.21. The number of hydrogen-bond acceptors (Lipinski definition) is 5. The van der Waals surface area contributed by atoms with E-state index in [4.69, 9.17) is 20.9 Å². The van der Waals surface area contributed by atoms with Crippen LogP contribution in [0.15, 0.2) is 83.5 Å². The predicted octanol–water partition coefficient (Wildman–Crippen LogP) is 5.11. The van der Waals surface area contributed by atoms with Gasteiger partial charge in [0.25, 0.3) is 5.91 Å². The van der Waals surface area contributed by atoms with Crippen molar-refractivity contribution in [3.8, 4) is 22.9 Å². The number of benzene rings is 2. The monoisotopic (exact) mass is 405 g/mol. The number of halogens is 1. The summed E-state index contributed by atoms with van der Waals surface area (Å²) < 4.78 is 10.9. The molecule has 0 aliphatic rings. The fraction of sp³-hybridized carbons (Fsp3) is 0.0455. The molecule has 2 heterocycles. The maximum absolute atomic E-state index is 12.3. The third-order valence-corrected chi connectivity index (χ3v) is 4.34. The van der Waals surface area contributed by atoms with Crippen molar-refractivity contribution in [2.45, 2.75) is 6.54 Å². The largest absolute Gasteiger partial charge is 0.439 e. The highest BCUT2D eigenvalue weighted by molar-refractivity contribution is 6.30. The Kier molecular flexibility index (Phi) is 5.54. The maximum atomic E-state index is 12.3. The molecular weight excluding hydrogens is 390 g/mol. The minimum atomic E-state index is -0.270. The van der Waals surface area contributed by atoms with Gasteiger partial charge < -0.3 is 14.6 Å². The van der Waals surface area contributed by atoms with E-state index >= 15 is 0 Å². The van der Waals surface area contributed by atoms with Crippen molar-refractivity contribution < 1.29 is 14.1 Å². The molecule has 2 aromatic heterocycles. The molecule has 7 heteroatoms. The van der Waals surface area contributed by atoms with Gasteiger partial charge in [-0.25, -0.2) is 4.98 Å². The number of ether oxygens (including phenoxy) is 1. The van der Waals surface area contributed by atoms with Crippen LogP contribution in [0.3, 0.4) is 0 Å². The number of rotatable bonds is 6. The lowest BCUT2D eigenvalue weighted by molar-refractivity contribution is 0.0946. The average molecular weight is 406 g/mol. The Bertz CT molecular complexity index is 1090. The second-order valence-corrected chi connectivity index (χ2v) is 6.60. The van der Waals surface area contributed by atoms with E-state index in [1.165, 1.54) is 6.20 Å². The van der Waals surface area contributed by atoms with Gasteiger partial charge in [-0.2, -0.15) is 0 Å².